The van der Waals surface area contributed by atoms with E-state index < -0.39 is 0 Å². The van der Waals surface area contributed by atoms with Gasteiger partial charge < -0.3 is 5.32 Å². The number of hydrogen-bond donors (Lipinski definition) is 1. The van der Waals surface area contributed by atoms with Crippen molar-refractivity contribution in [2.24, 2.45) is 0 Å². The molecule has 3 aromatic carbocycles. The first kappa shape index (κ1) is 18.9. The first-order chi connectivity index (χ1) is 13.5. The molecule has 0 unspecified atom stereocenters. The molecule has 0 spiro atoms. The van der Waals surface area contributed by atoms with Crippen molar-refractivity contribution in [3.05, 3.63) is 92.9 Å². The van der Waals surface area contributed by atoms with Crippen LogP contribution in [0.25, 0.3) is 22.2 Å². The molecule has 1 amide bonds. The lowest BCUT2D eigenvalue weighted by molar-refractivity contribution is 0.102. The highest BCUT2D eigenvalue weighted by Gasteiger charge is 2.15. The van der Waals surface area contributed by atoms with E-state index in [4.69, 9.17) is 28.2 Å². The number of carbonyl (C=O) groups is 1. The van der Waals surface area contributed by atoms with Crippen LogP contribution in [0.3, 0.4) is 0 Å². The van der Waals surface area contributed by atoms with Crippen molar-refractivity contribution in [3.63, 3.8) is 0 Å². The van der Waals surface area contributed by atoms with Crippen LogP contribution in [-0.2, 0) is 0 Å². The minimum Gasteiger partial charge on any atom is -0.322 e. The van der Waals surface area contributed by atoms with Crippen LogP contribution in [-0.4, -0.2) is 10.9 Å². The number of amides is 1. The first-order valence-electron chi connectivity index (χ1n) is 8.43. The van der Waals surface area contributed by atoms with Crippen LogP contribution >= 0.6 is 39.1 Å². The Kier molecular flexibility index (Phi) is 5.36. The third-order valence-electron chi connectivity index (χ3n) is 4.26. The lowest BCUT2D eigenvalue weighted by Crippen LogP contribution is -2.13. The van der Waals surface area contributed by atoms with Gasteiger partial charge in [-0.05, 0) is 60.7 Å². The van der Waals surface area contributed by atoms with Crippen molar-refractivity contribution in [1.29, 1.82) is 0 Å². The quantitative estimate of drug-likeness (QED) is 0.342. The van der Waals surface area contributed by atoms with E-state index >= 15 is 0 Å². The molecule has 1 aromatic heterocycles. The Hall–Kier alpha value is -2.40. The highest BCUT2D eigenvalue weighted by Crippen LogP contribution is 2.28. The largest absolute Gasteiger partial charge is 0.322 e. The average Bonchev–Trinajstić information content (AvgIpc) is 2.69. The van der Waals surface area contributed by atoms with E-state index in [-0.39, 0.29) is 5.91 Å². The summed E-state index contributed by atoms with van der Waals surface area (Å²) in [5.74, 6) is -0.240. The number of hydrogen-bond acceptors (Lipinski definition) is 2. The summed E-state index contributed by atoms with van der Waals surface area (Å²) < 4.78 is 0.976. The summed E-state index contributed by atoms with van der Waals surface area (Å²) in [4.78, 5) is 17.7. The van der Waals surface area contributed by atoms with Gasteiger partial charge in [0.05, 0.1) is 16.8 Å². The number of fused-ring (bicyclic) bond motifs is 1. The second-order valence-electron chi connectivity index (χ2n) is 6.18. The molecule has 6 heteroatoms. The van der Waals surface area contributed by atoms with Gasteiger partial charge in [0.25, 0.3) is 5.91 Å². The zero-order valence-electron chi connectivity index (χ0n) is 14.4. The van der Waals surface area contributed by atoms with E-state index in [0.29, 0.717) is 37.9 Å². The molecule has 0 aliphatic carbocycles. The number of anilines is 1. The van der Waals surface area contributed by atoms with Crippen LogP contribution in [0, 0.1) is 0 Å². The molecule has 28 heavy (non-hydrogen) atoms. The summed E-state index contributed by atoms with van der Waals surface area (Å²) in [7, 11) is 0. The smallest absolute Gasteiger partial charge is 0.256 e. The number of nitrogens with one attached hydrogen (secondary N) is 1. The topological polar surface area (TPSA) is 42.0 Å². The Morgan fingerprint density at radius 2 is 1.54 bits per heavy atom. The fourth-order valence-corrected chi connectivity index (χ4v) is 3.45. The number of halogens is 3. The van der Waals surface area contributed by atoms with Gasteiger partial charge >= 0.3 is 0 Å². The van der Waals surface area contributed by atoms with Gasteiger partial charge in [-0.1, -0.05) is 51.3 Å². The molecule has 4 rings (SSSR count). The molecule has 0 aliphatic heterocycles. The Bertz CT molecular complexity index is 1180. The van der Waals surface area contributed by atoms with Crippen molar-refractivity contribution in [3.8, 4) is 11.3 Å². The maximum atomic E-state index is 13.0. The second kappa shape index (κ2) is 7.92. The Morgan fingerprint density at radius 1 is 0.857 bits per heavy atom. The summed E-state index contributed by atoms with van der Waals surface area (Å²) >= 11 is 15.5. The van der Waals surface area contributed by atoms with Crippen molar-refractivity contribution in [2.45, 2.75) is 0 Å². The molecule has 1 heterocycles. The number of nitrogens with zero attached hydrogens (tertiary/aromatic N) is 1. The monoisotopic (exact) mass is 470 g/mol. The molecular formula is C22H13BrCl2N2O. The average molecular weight is 472 g/mol. The van der Waals surface area contributed by atoms with Gasteiger partial charge in [0.2, 0.25) is 0 Å². The predicted molar refractivity (Wildman–Crippen MR) is 119 cm³/mol. The van der Waals surface area contributed by atoms with E-state index in [0.717, 1.165) is 10.0 Å². The molecular weight excluding hydrogens is 459 g/mol. The number of pyridine rings is 1. The molecule has 0 fully saturated rings. The summed E-state index contributed by atoms with van der Waals surface area (Å²) in [6.45, 7) is 0. The molecule has 0 aliphatic rings. The van der Waals surface area contributed by atoms with E-state index in [1.807, 2.05) is 30.3 Å². The molecule has 3 nitrogen and oxygen atoms in total. The van der Waals surface area contributed by atoms with E-state index in [2.05, 4.69) is 21.2 Å². The Balaban J connectivity index is 1.82. The van der Waals surface area contributed by atoms with E-state index in [1.54, 1.807) is 42.5 Å². The SMILES string of the molecule is O=C(Nc1ccc(Cl)cc1)c1cc(-c2ccc(Br)cc2)nc2ccc(Cl)cc12. The lowest BCUT2D eigenvalue weighted by atomic mass is 10.0. The summed E-state index contributed by atoms with van der Waals surface area (Å²) in [6.07, 6.45) is 0. The van der Waals surface area contributed by atoms with Crippen molar-refractivity contribution >= 4 is 61.6 Å². The maximum absolute atomic E-state index is 13.0. The minimum atomic E-state index is -0.240. The lowest BCUT2D eigenvalue weighted by Gasteiger charge is -2.11. The molecule has 0 saturated heterocycles. The Morgan fingerprint density at radius 3 is 2.25 bits per heavy atom. The number of aromatic nitrogens is 1. The van der Waals surface area contributed by atoms with Crippen LogP contribution in [0.15, 0.2) is 77.3 Å². The van der Waals surface area contributed by atoms with Crippen LogP contribution in [0.5, 0.6) is 0 Å². The van der Waals surface area contributed by atoms with Gasteiger partial charge in [0, 0.05) is 31.2 Å². The first-order valence-corrected chi connectivity index (χ1v) is 9.98. The molecule has 0 bridgehead atoms. The van der Waals surface area contributed by atoms with Gasteiger partial charge in [0.1, 0.15) is 0 Å². The van der Waals surface area contributed by atoms with Gasteiger partial charge in [-0.3, -0.25) is 4.79 Å². The van der Waals surface area contributed by atoms with Gasteiger partial charge in [-0.15, -0.1) is 0 Å². The summed E-state index contributed by atoms with van der Waals surface area (Å²) in [6, 6.07) is 21.9. The molecule has 4 aromatic rings. The van der Waals surface area contributed by atoms with Crippen LogP contribution in [0.2, 0.25) is 10.0 Å². The van der Waals surface area contributed by atoms with Crippen LogP contribution in [0.4, 0.5) is 5.69 Å². The molecule has 138 valence electrons. The molecule has 0 atom stereocenters. The highest BCUT2D eigenvalue weighted by atomic mass is 79.9. The minimum absolute atomic E-state index is 0.240. The van der Waals surface area contributed by atoms with Crippen molar-refractivity contribution in [2.75, 3.05) is 5.32 Å². The fraction of sp³-hybridized carbons (Fsp3) is 0. The Labute approximate surface area is 180 Å². The van der Waals surface area contributed by atoms with E-state index in [1.165, 1.54) is 0 Å². The fourth-order valence-electron chi connectivity index (χ4n) is 2.89. The number of carbonyl (C=O) groups excluding carboxylic acids is 1. The van der Waals surface area contributed by atoms with Crippen molar-refractivity contribution < 1.29 is 4.79 Å². The molecule has 0 saturated carbocycles. The normalized spacial score (nSPS) is 10.8. The zero-order chi connectivity index (χ0) is 19.7. The summed E-state index contributed by atoms with van der Waals surface area (Å²) in [5.41, 5.74) is 3.49. The predicted octanol–water partition coefficient (Wildman–Crippen LogP) is 7.22. The van der Waals surface area contributed by atoms with Crippen molar-refractivity contribution in [1.82, 2.24) is 4.98 Å². The maximum Gasteiger partial charge on any atom is 0.256 e. The van der Waals surface area contributed by atoms with Crippen LogP contribution in [0.1, 0.15) is 10.4 Å². The zero-order valence-corrected chi connectivity index (χ0v) is 17.5. The highest BCUT2D eigenvalue weighted by molar-refractivity contribution is 9.10. The van der Waals surface area contributed by atoms with Crippen LogP contribution < -0.4 is 5.32 Å². The van der Waals surface area contributed by atoms with Gasteiger partial charge in [-0.2, -0.15) is 0 Å². The summed E-state index contributed by atoms with van der Waals surface area (Å²) in [5, 5.41) is 4.76. The van der Waals surface area contributed by atoms with Gasteiger partial charge in [-0.25, -0.2) is 4.98 Å². The second-order valence-corrected chi connectivity index (χ2v) is 7.97. The van der Waals surface area contributed by atoms with Gasteiger partial charge in [0.15, 0.2) is 0 Å². The third-order valence-corrected chi connectivity index (χ3v) is 5.27. The molecule has 1 N–H and O–H groups in total. The number of rotatable bonds is 3. The third kappa shape index (κ3) is 4.04. The number of benzene rings is 3. The standard InChI is InChI=1S/C22H13BrCl2N2O/c23-14-3-1-13(2-4-14)21-12-19(18-11-16(25)7-10-20(18)27-21)22(28)26-17-8-5-15(24)6-9-17/h1-12H,(H,26,28). The molecule has 0 radical (unpaired) electrons. The van der Waals surface area contributed by atoms with E-state index in [9.17, 15) is 4.79 Å².